The fraction of sp³-hybridized carbons (Fsp3) is 0.364. The van der Waals surface area contributed by atoms with E-state index in [4.69, 9.17) is 14.1 Å². The summed E-state index contributed by atoms with van der Waals surface area (Å²) in [7, 11) is 0. The molecule has 11 nitrogen and oxygen atoms in total. The molecular weight excluding hydrogens is 609 g/mol. The fourth-order valence-corrected chi connectivity index (χ4v) is 7.03. The number of hydrogen-bond acceptors (Lipinski definition) is 11. The van der Waals surface area contributed by atoms with Gasteiger partial charge in [0.15, 0.2) is 16.6 Å². The molecule has 238 valence electrons. The molecule has 0 saturated carbocycles. The molecule has 4 aromatic heterocycles. The molecule has 0 unspecified atom stereocenters. The van der Waals surface area contributed by atoms with Gasteiger partial charge >= 0.3 is 0 Å². The van der Waals surface area contributed by atoms with Crippen molar-refractivity contribution in [3.63, 3.8) is 0 Å². The number of piperazine rings is 1. The van der Waals surface area contributed by atoms with Crippen LogP contribution in [-0.4, -0.2) is 63.7 Å². The van der Waals surface area contributed by atoms with Gasteiger partial charge in [0.2, 0.25) is 5.95 Å². The Kier molecular flexibility index (Phi) is 8.36. The molecule has 6 heterocycles. The Bertz CT molecular complexity index is 1930. The van der Waals surface area contributed by atoms with Gasteiger partial charge in [0.1, 0.15) is 11.5 Å². The lowest BCUT2D eigenvalue weighted by Gasteiger charge is -2.37. The zero-order chi connectivity index (χ0) is 31.8. The van der Waals surface area contributed by atoms with Gasteiger partial charge in [-0.2, -0.15) is 4.98 Å². The second-order valence-electron chi connectivity index (χ2n) is 11.9. The lowest BCUT2D eigenvalue weighted by molar-refractivity contribution is 0.0543. The molecule has 2 atom stereocenters. The van der Waals surface area contributed by atoms with Gasteiger partial charge in [0.05, 0.1) is 24.1 Å². The van der Waals surface area contributed by atoms with Crippen LogP contribution in [0, 0.1) is 11.7 Å². The SMILES string of the molecule is C[C@@H]1CN(c2ccc(Nc3ncc4cc(C(=O)C5CCOCC5)c(=O)n(Cc5ccoc5-c5nccs5)c4n3)cc2F)C[C@H](C)N1. The monoisotopic (exact) mass is 643 g/mol. The Morgan fingerprint density at radius 1 is 1.13 bits per heavy atom. The normalized spacial score (nSPS) is 19.1. The van der Waals surface area contributed by atoms with Gasteiger partial charge in [-0.3, -0.25) is 14.2 Å². The van der Waals surface area contributed by atoms with E-state index in [1.165, 1.54) is 22.0 Å². The number of benzene rings is 1. The quantitative estimate of drug-likeness (QED) is 0.217. The van der Waals surface area contributed by atoms with E-state index in [9.17, 15) is 9.59 Å². The van der Waals surface area contributed by atoms with Crippen molar-refractivity contribution in [1.29, 1.82) is 0 Å². The van der Waals surface area contributed by atoms with Crippen molar-refractivity contribution in [1.82, 2.24) is 24.8 Å². The predicted octanol–water partition coefficient (Wildman–Crippen LogP) is 5.23. The molecule has 0 aliphatic carbocycles. The zero-order valence-corrected chi connectivity index (χ0v) is 26.3. The molecule has 2 fully saturated rings. The number of furan rings is 1. The van der Waals surface area contributed by atoms with Gasteiger partial charge in [0.25, 0.3) is 5.56 Å². The summed E-state index contributed by atoms with van der Waals surface area (Å²) in [6.07, 6.45) is 5.94. The average molecular weight is 644 g/mol. The highest BCUT2D eigenvalue weighted by Gasteiger charge is 2.28. The number of Topliss-reactive ketones (excluding diaryl/α,β-unsaturated/α-hetero) is 1. The maximum atomic E-state index is 15.4. The van der Waals surface area contributed by atoms with Crippen LogP contribution >= 0.6 is 11.3 Å². The van der Waals surface area contributed by atoms with E-state index in [0.29, 0.717) is 72.3 Å². The first-order valence-corrected chi connectivity index (χ1v) is 16.3. The topological polar surface area (TPSA) is 127 Å². The van der Waals surface area contributed by atoms with E-state index in [2.05, 4.69) is 34.4 Å². The number of halogens is 1. The van der Waals surface area contributed by atoms with Crippen LogP contribution in [0.1, 0.15) is 42.6 Å². The number of hydrogen-bond donors (Lipinski definition) is 2. The summed E-state index contributed by atoms with van der Waals surface area (Å²) in [5.41, 5.74) is 1.70. The Balaban J connectivity index is 1.25. The van der Waals surface area contributed by atoms with E-state index in [-0.39, 0.29) is 47.7 Å². The lowest BCUT2D eigenvalue weighted by atomic mass is 9.91. The van der Waals surface area contributed by atoms with Crippen LogP contribution < -0.4 is 21.1 Å². The minimum atomic E-state index is -0.449. The Morgan fingerprint density at radius 3 is 2.67 bits per heavy atom. The van der Waals surface area contributed by atoms with Crippen molar-refractivity contribution in [2.24, 2.45) is 5.92 Å². The predicted molar refractivity (Wildman–Crippen MR) is 175 cm³/mol. The van der Waals surface area contributed by atoms with Gasteiger partial charge in [-0.25, -0.2) is 14.4 Å². The van der Waals surface area contributed by atoms with Crippen molar-refractivity contribution in [3.8, 4) is 10.8 Å². The fourth-order valence-electron chi connectivity index (χ4n) is 6.37. The number of anilines is 3. The molecule has 0 spiro atoms. The van der Waals surface area contributed by atoms with Crippen molar-refractivity contribution in [2.75, 3.05) is 36.5 Å². The second kappa shape index (κ2) is 12.7. The second-order valence-corrected chi connectivity index (χ2v) is 12.8. The molecule has 0 radical (unpaired) electrons. The van der Waals surface area contributed by atoms with Gasteiger partial charge in [0, 0.05) is 78.7 Å². The lowest BCUT2D eigenvalue weighted by Crippen LogP contribution is -2.54. The van der Waals surface area contributed by atoms with E-state index in [0.717, 1.165) is 5.56 Å². The summed E-state index contributed by atoms with van der Waals surface area (Å²) in [6.45, 7) is 6.65. The highest BCUT2D eigenvalue weighted by atomic mass is 32.1. The van der Waals surface area contributed by atoms with Gasteiger partial charge in [-0.15, -0.1) is 11.3 Å². The van der Waals surface area contributed by atoms with E-state index < -0.39 is 5.56 Å². The van der Waals surface area contributed by atoms with Gasteiger partial charge in [-0.05, 0) is 57.0 Å². The van der Waals surface area contributed by atoms with Crippen LogP contribution in [0.5, 0.6) is 0 Å². The summed E-state index contributed by atoms with van der Waals surface area (Å²) in [5, 5.41) is 9.62. The van der Waals surface area contributed by atoms with Crippen LogP contribution in [0.2, 0.25) is 0 Å². The van der Waals surface area contributed by atoms with Gasteiger partial charge in [-0.1, -0.05) is 0 Å². The third-order valence-corrected chi connectivity index (χ3v) is 9.26. The first-order valence-electron chi connectivity index (χ1n) is 15.4. The maximum Gasteiger partial charge on any atom is 0.263 e. The van der Waals surface area contributed by atoms with Gasteiger partial charge < -0.3 is 24.7 Å². The van der Waals surface area contributed by atoms with Crippen LogP contribution in [0.25, 0.3) is 21.8 Å². The van der Waals surface area contributed by atoms with Crippen molar-refractivity contribution in [3.05, 3.63) is 81.7 Å². The summed E-state index contributed by atoms with van der Waals surface area (Å²) in [6, 6.07) is 8.83. The molecule has 0 bridgehead atoms. The number of fused-ring (bicyclic) bond motifs is 1. The standard InChI is InChI=1S/C33H34FN7O4S/c1-19-16-40(17-20(2)37-19)27-4-3-24(14-26(27)34)38-33-36-15-23-13-25(28(42)21-5-9-44-10-6-21)32(43)41(30(23)39-33)18-22-7-11-45-29(22)31-35-8-12-46-31/h3-4,7-8,11-15,19-21,37H,5-6,9-10,16-18H2,1-2H3,(H,36,38,39)/t19-,20+. The molecule has 46 heavy (non-hydrogen) atoms. The van der Waals surface area contributed by atoms with Crippen molar-refractivity contribution >= 4 is 45.5 Å². The van der Waals surface area contributed by atoms with Crippen molar-refractivity contribution < 1.29 is 18.3 Å². The molecule has 5 aromatic rings. The zero-order valence-electron chi connectivity index (χ0n) is 25.5. The van der Waals surface area contributed by atoms with Crippen LogP contribution in [0.3, 0.4) is 0 Å². The summed E-state index contributed by atoms with van der Waals surface area (Å²) in [4.78, 5) is 43.2. The first kappa shape index (κ1) is 30.2. The van der Waals surface area contributed by atoms with E-state index in [1.54, 1.807) is 42.9 Å². The smallest absolute Gasteiger partial charge is 0.263 e. The molecule has 2 aliphatic heterocycles. The summed E-state index contributed by atoms with van der Waals surface area (Å²) < 4.78 is 28.0. The molecule has 2 aliphatic rings. The molecular formula is C33H34FN7O4S. The summed E-state index contributed by atoms with van der Waals surface area (Å²) in [5.74, 6) is -0.114. The largest absolute Gasteiger partial charge is 0.461 e. The molecule has 13 heteroatoms. The molecule has 2 saturated heterocycles. The van der Waals surface area contributed by atoms with Crippen molar-refractivity contribution in [2.45, 2.75) is 45.3 Å². The summed E-state index contributed by atoms with van der Waals surface area (Å²) >= 11 is 1.42. The Morgan fingerprint density at radius 2 is 1.93 bits per heavy atom. The van der Waals surface area contributed by atoms with Crippen LogP contribution in [0.4, 0.5) is 21.7 Å². The number of nitrogens with zero attached hydrogens (tertiary/aromatic N) is 5. The first-order chi connectivity index (χ1) is 22.3. The number of thiazole rings is 1. The average Bonchev–Trinajstić information content (AvgIpc) is 3.75. The minimum absolute atomic E-state index is 0.0942. The number of pyridine rings is 1. The highest BCUT2D eigenvalue weighted by molar-refractivity contribution is 7.13. The molecule has 7 rings (SSSR count). The number of ether oxygens (including phenoxy) is 1. The number of rotatable bonds is 8. The van der Waals surface area contributed by atoms with Crippen LogP contribution in [-0.2, 0) is 11.3 Å². The number of ketones is 1. The molecule has 0 amide bonds. The molecule has 2 N–H and O–H groups in total. The number of nitrogens with one attached hydrogen (secondary N) is 2. The maximum absolute atomic E-state index is 15.4. The minimum Gasteiger partial charge on any atom is -0.461 e. The number of carbonyl (C=O) groups is 1. The van der Waals surface area contributed by atoms with E-state index in [1.807, 2.05) is 10.3 Å². The number of carbonyl (C=O) groups excluding carboxylic acids is 1. The number of aromatic nitrogens is 4. The third kappa shape index (κ3) is 6.05. The third-order valence-electron chi connectivity index (χ3n) is 8.49. The van der Waals surface area contributed by atoms with Crippen LogP contribution in [0.15, 0.2) is 63.6 Å². The Labute approximate surface area is 268 Å². The molecule has 1 aromatic carbocycles. The highest BCUT2D eigenvalue weighted by Crippen LogP contribution is 2.29. The Hall–Kier alpha value is -4.46. The van der Waals surface area contributed by atoms with E-state index >= 15 is 4.39 Å².